The van der Waals surface area contributed by atoms with E-state index in [9.17, 15) is 5.11 Å². The van der Waals surface area contributed by atoms with Gasteiger partial charge in [0, 0.05) is 51.9 Å². The lowest BCUT2D eigenvalue weighted by atomic mass is 10.1. The standard InChI is InChI=1S/C30H38N4O5S/c1-32-25-9-15-40-30(25)28(31-32)22-6-5-7-24(18-22)39-20-23(35)19-34-13-11-33(12-14-34)10-8-21-16-26(36-2)29(38-4)27(17-21)37-3/h5-7,9,15-18,23,35H,8,10-14,19-20H2,1-4H3. The minimum atomic E-state index is -0.562. The molecule has 0 bridgehead atoms. The third-order valence-electron chi connectivity index (χ3n) is 7.38. The Balaban J connectivity index is 1.07. The van der Waals surface area contributed by atoms with Crippen LogP contribution in [0.3, 0.4) is 0 Å². The molecule has 1 aliphatic heterocycles. The Bertz CT molecular complexity index is 1390. The number of rotatable bonds is 12. The van der Waals surface area contributed by atoms with E-state index in [0.717, 1.165) is 67.2 Å². The van der Waals surface area contributed by atoms with Gasteiger partial charge in [0.05, 0.1) is 31.5 Å². The fourth-order valence-corrected chi connectivity index (χ4v) is 6.14. The number of aliphatic hydroxyl groups is 1. The summed E-state index contributed by atoms with van der Waals surface area (Å²) >= 11 is 1.69. The molecule has 2 aromatic heterocycles. The first-order valence-electron chi connectivity index (χ1n) is 13.5. The van der Waals surface area contributed by atoms with Crippen molar-refractivity contribution < 1.29 is 24.1 Å². The van der Waals surface area contributed by atoms with Gasteiger partial charge in [-0.15, -0.1) is 11.3 Å². The van der Waals surface area contributed by atoms with Crippen molar-refractivity contribution in [1.29, 1.82) is 0 Å². The van der Waals surface area contributed by atoms with Crippen LogP contribution in [0.25, 0.3) is 21.5 Å². The van der Waals surface area contributed by atoms with Gasteiger partial charge in [-0.1, -0.05) is 12.1 Å². The molecule has 1 unspecified atom stereocenters. The molecule has 40 heavy (non-hydrogen) atoms. The number of ether oxygens (including phenoxy) is 4. The lowest BCUT2D eigenvalue weighted by molar-refractivity contribution is 0.0463. The summed E-state index contributed by atoms with van der Waals surface area (Å²) in [7, 11) is 6.86. The number of methoxy groups -OCH3 is 3. The van der Waals surface area contributed by atoms with Crippen molar-refractivity contribution in [1.82, 2.24) is 19.6 Å². The Kier molecular flexibility index (Phi) is 9.11. The minimum Gasteiger partial charge on any atom is -0.493 e. The molecule has 10 heteroatoms. The van der Waals surface area contributed by atoms with Gasteiger partial charge >= 0.3 is 0 Å². The molecule has 4 aromatic rings. The highest BCUT2D eigenvalue weighted by Gasteiger charge is 2.21. The molecule has 0 spiro atoms. The van der Waals surface area contributed by atoms with Crippen molar-refractivity contribution in [3.63, 3.8) is 0 Å². The highest BCUT2D eigenvalue weighted by Crippen LogP contribution is 2.38. The summed E-state index contributed by atoms with van der Waals surface area (Å²) < 4.78 is 25.5. The van der Waals surface area contributed by atoms with E-state index in [-0.39, 0.29) is 6.61 Å². The summed E-state index contributed by atoms with van der Waals surface area (Å²) in [5, 5.41) is 17.5. The Morgan fingerprint density at radius 2 is 1.68 bits per heavy atom. The van der Waals surface area contributed by atoms with Crippen LogP contribution in [-0.2, 0) is 13.5 Å². The molecule has 3 heterocycles. The average Bonchev–Trinajstić information content (AvgIpc) is 3.59. The molecule has 1 fully saturated rings. The maximum atomic E-state index is 10.7. The first-order chi connectivity index (χ1) is 19.5. The van der Waals surface area contributed by atoms with Gasteiger partial charge in [-0.05, 0) is 47.7 Å². The van der Waals surface area contributed by atoms with E-state index in [2.05, 4.69) is 26.3 Å². The number of benzene rings is 2. The molecule has 9 nitrogen and oxygen atoms in total. The van der Waals surface area contributed by atoms with Gasteiger partial charge in [0.1, 0.15) is 24.2 Å². The van der Waals surface area contributed by atoms with Crippen LogP contribution in [-0.4, -0.2) is 98.0 Å². The van der Waals surface area contributed by atoms with Crippen molar-refractivity contribution in [2.24, 2.45) is 7.05 Å². The molecule has 0 amide bonds. The maximum absolute atomic E-state index is 10.7. The van der Waals surface area contributed by atoms with Gasteiger partial charge in [-0.2, -0.15) is 5.10 Å². The summed E-state index contributed by atoms with van der Waals surface area (Å²) in [6.45, 7) is 5.54. The van der Waals surface area contributed by atoms with Gasteiger partial charge in [-0.25, -0.2) is 0 Å². The topological polar surface area (TPSA) is 81.5 Å². The first-order valence-corrected chi connectivity index (χ1v) is 14.4. The molecule has 5 rings (SSSR count). The number of piperazine rings is 1. The summed E-state index contributed by atoms with van der Waals surface area (Å²) in [4.78, 5) is 4.76. The zero-order valence-electron chi connectivity index (χ0n) is 23.6. The van der Waals surface area contributed by atoms with Gasteiger partial charge in [0.25, 0.3) is 0 Å². The number of β-amino-alcohol motifs (C(OH)–C–C–N with tert-alkyl or cyclic N) is 1. The highest BCUT2D eigenvalue weighted by molar-refractivity contribution is 7.17. The van der Waals surface area contributed by atoms with Crippen molar-refractivity contribution in [3.05, 3.63) is 53.4 Å². The second kappa shape index (κ2) is 12.9. The fourth-order valence-electron chi connectivity index (χ4n) is 5.21. The lowest BCUT2D eigenvalue weighted by Gasteiger charge is -2.35. The molecule has 2 aromatic carbocycles. The molecule has 1 saturated heterocycles. The van der Waals surface area contributed by atoms with Crippen molar-refractivity contribution in [2.45, 2.75) is 12.5 Å². The molecule has 1 aliphatic rings. The number of thiophene rings is 1. The molecular formula is C30H38N4O5S. The smallest absolute Gasteiger partial charge is 0.203 e. The zero-order valence-corrected chi connectivity index (χ0v) is 24.4. The van der Waals surface area contributed by atoms with E-state index >= 15 is 0 Å². The quantitative estimate of drug-likeness (QED) is 0.276. The second-order valence-electron chi connectivity index (χ2n) is 10.0. The molecule has 1 N–H and O–H groups in total. The predicted molar refractivity (Wildman–Crippen MR) is 158 cm³/mol. The summed E-state index contributed by atoms with van der Waals surface area (Å²) in [5.41, 5.74) is 4.25. The number of aromatic nitrogens is 2. The number of hydrogen-bond donors (Lipinski definition) is 1. The van der Waals surface area contributed by atoms with Gasteiger partial charge in [0.2, 0.25) is 5.75 Å². The van der Waals surface area contributed by atoms with E-state index in [4.69, 9.17) is 18.9 Å². The van der Waals surface area contributed by atoms with Gasteiger partial charge in [0.15, 0.2) is 11.5 Å². The SMILES string of the molecule is COc1cc(CCN2CCN(CC(O)COc3cccc(-c4nn(C)c5ccsc45)c3)CC2)cc(OC)c1OC. The van der Waals surface area contributed by atoms with Crippen LogP contribution >= 0.6 is 11.3 Å². The summed E-state index contributed by atoms with van der Waals surface area (Å²) in [6.07, 6.45) is 0.330. The number of aliphatic hydroxyl groups excluding tert-OH is 1. The van der Waals surface area contributed by atoms with E-state index in [0.29, 0.717) is 23.8 Å². The van der Waals surface area contributed by atoms with Crippen LogP contribution in [0.1, 0.15) is 5.56 Å². The van der Waals surface area contributed by atoms with Crippen molar-refractivity contribution >= 4 is 21.6 Å². The second-order valence-corrected chi connectivity index (χ2v) is 10.9. The van der Waals surface area contributed by atoms with E-state index in [1.54, 1.807) is 32.7 Å². The number of hydrogen-bond acceptors (Lipinski definition) is 9. The third-order valence-corrected chi connectivity index (χ3v) is 8.29. The van der Waals surface area contributed by atoms with Crippen LogP contribution < -0.4 is 18.9 Å². The molecule has 0 aliphatic carbocycles. The number of aryl methyl sites for hydroxylation is 1. The van der Waals surface area contributed by atoms with Crippen LogP contribution in [0.15, 0.2) is 47.8 Å². The minimum absolute atomic E-state index is 0.251. The van der Waals surface area contributed by atoms with Crippen molar-refractivity contribution in [3.8, 4) is 34.3 Å². The first kappa shape index (κ1) is 28.2. The van der Waals surface area contributed by atoms with Crippen LogP contribution in [0.5, 0.6) is 23.0 Å². The number of fused-ring (bicyclic) bond motifs is 1. The molecular weight excluding hydrogens is 528 g/mol. The van der Waals surface area contributed by atoms with Crippen LogP contribution in [0.2, 0.25) is 0 Å². The van der Waals surface area contributed by atoms with Gasteiger partial charge < -0.3 is 29.0 Å². The van der Waals surface area contributed by atoms with Crippen LogP contribution in [0, 0.1) is 0 Å². The normalized spacial score (nSPS) is 15.3. The van der Waals surface area contributed by atoms with Gasteiger partial charge in [-0.3, -0.25) is 9.58 Å². The summed E-state index contributed by atoms with van der Waals surface area (Å²) in [5.74, 6) is 2.72. The Labute approximate surface area is 239 Å². The third kappa shape index (κ3) is 6.36. The average molecular weight is 567 g/mol. The molecule has 0 radical (unpaired) electrons. The fraction of sp³-hybridized carbons (Fsp3) is 0.433. The molecule has 214 valence electrons. The van der Waals surface area contributed by atoms with Crippen LogP contribution in [0.4, 0.5) is 0 Å². The van der Waals surface area contributed by atoms with Crippen molar-refractivity contribution in [2.75, 3.05) is 67.2 Å². The van der Waals surface area contributed by atoms with E-state index < -0.39 is 6.10 Å². The Hall–Kier alpha value is -3.31. The van der Waals surface area contributed by atoms with E-state index in [1.165, 1.54) is 4.70 Å². The largest absolute Gasteiger partial charge is 0.493 e. The summed E-state index contributed by atoms with van der Waals surface area (Å²) in [6, 6.07) is 14.1. The molecule has 0 saturated carbocycles. The Morgan fingerprint density at radius 1 is 0.950 bits per heavy atom. The Morgan fingerprint density at radius 3 is 2.38 bits per heavy atom. The highest BCUT2D eigenvalue weighted by atomic mass is 32.1. The monoisotopic (exact) mass is 566 g/mol. The molecule has 1 atom stereocenters. The number of nitrogens with zero attached hydrogens (tertiary/aromatic N) is 4. The van der Waals surface area contributed by atoms with E-state index in [1.807, 2.05) is 48.1 Å². The predicted octanol–water partition coefficient (Wildman–Crippen LogP) is 3.93. The lowest BCUT2D eigenvalue weighted by Crippen LogP contribution is -2.49. The maximum Gasteiger partial charge on any atom is 0.203 e. The zero-order chi connectivity index (χ0) is 28.1.